The minimum Gasteiger partial charge on any atom is -0.497 e. The highest BCUT2D eigenvalue weighted by Crippen LogP contribution is 2.63. The van der Waals surface area contributed by atoms with Crippen molar-refractivity contribution in [2.75, 3.05) is 13.7 Å². The molecule has 6 atom stereocenters. The zero-order valence-electron chi connectivity index (χ0n) is 25.0. The minimum atomic E-state index is -2.93. The largest absolute Gasteiger partial charge is 0.497 e. The molecule has 1 amide bonds. The summed E-state index contributed by atoms with van der Waals surface area (Å²) in [7, 11) is 1.66. The van der Waals surface area contributed by atoms with Crippen LogP contribution >= 0.6 is 0 Å². The van der Waals surface area contributed by atoms with E-state index in [-0.39, 0.29) is 36.4 Å². The number of hydrogen-bond donors (Lipinski definition) is 0. The number of amides is 1. The first-order valence-corrected chi connectivity index (χ1v) is 15.4. The van der Waals surface area contributed by atoms with Crippen molar-refractivity contribution < 1.29 is 27.8 Å². The van der Waals surface area contributed by atoms with E-state index in [4.69, 9.17) is 14.2 Å². The molecule has 2 aromatic carbocycles. The molecule has 0 spiro atoms. The highest BCUT2D eigenvalue weighted by atomic mass is 19.3. The average molecular weight is 580 g/mol. The first-order chi connectivity index (χ1) is 20.1. The van der Waals surface area contributed by atoms with Gasteiger partial charge in [0.05, 0.1) is 26.4 Å². The molecular formula is C35H43F2NO4. The number of allylic oxidation sites excluding steroid dienone is 1. The Morgan fingerprint density at radius 1 is 0.952 bits per heavy atom. The summed E-state index contributed by atoms with van der Waals surface area (Å²) < 4.78 is 47.9. The van der Waals surface area contributed by atoms with Gasteiger partial charge in [-0.05, 0) is 91.9 Å². The number of methoxy groups -OCH3 is 1. The van der Waals surface area contributed by atoms with E-state index < -0.39 is 24.1 Å². The third kappa shape index (κ3) is 5.45. The van der Waals surface area contributed by atoms with Crippen molar-refractivity contribution in [2.45, 2.75) is 89.6 Å². The molecule has 226 valence electrons. The number of benzene rings is 2. The van der Waals surface area contributed by atoms with Crippen molar-refractivity contribution in [3.63, 3.8) is 0 Å². The van der Waals surface area contributed by atoms with E-state index in [1.165, 1.54) is 10.5 Å². The highest BCUT2D eigenvalue weighted by molar-refractivity contribution is 5.69. The van der Waals surface area contributed by atoms with E-state index >= 15 is 8.78 Å². The lowest BCUT2D eigenvalue weighted by Gasteiger charge is -2.62. The number of ether oxygens (including phenoxy) is 3. The van der Waals surface area contributed by atoms with Gasteiger partial charge in [0.15, 0.2) is 0 Å². The Bertz CT molecular complexity index is 1300. The van der Waals surface area contributed by atoms with Crippen LogP contribution in [0.25, 0.3) is 0 Å². The molecule has 1 saturated heterocycles. The molecule has 4 aliphatic rings. The van der Waals surface area contributed by atoms with Gasteiger partial charge in [0.1, 0.15) is 12.4 Å². The molecule has 0 aromatic heterocycles. The predicted octanol–water partition coefficient (Wildman–Crippen LogP) is 8.18. The number of halogens is 2. The van der Waals surface area contributed by atoms with E-state index in [1.807, 2.05) is 61.5 Å². The Kier molecular flexibility index (Phi) is 7.84. The molecule has 42 heavy (non-hydrogen) atoms. The van der Waals surface area contributed by atoms with Crippen LogP contribution in [0.15, 0.2) is 66.2 Å². The van der Waals surface area contributed by atoms with Crippen molar-refractivity contribution in [1.29, 1.82) is 0 Å². The molecule has 6 rings (SSSR count). The maximum atomic E-state index is 15.3. The maximum absolute atomic E-state index is 15.3. The zero-order valence-corrected chi connectivity index (χ0v) is 25.0. The molecule has 3 fully saturated rings. The Balaban J connectivity index is 1.16. The van der Waals surface area contributed by atoms with Crippen LogP contribution in [0.5, 0.6) is 5.75 Å². The molecule has 0 N–H and O–H groups in total. The van der Waals surface area contributed by atoms with Crippen molar-refractivity contribution in [3.8, 4) is 5.75 Å². The van der Waals surface area contributed by atoms with Gasteiger partial charge in [-0.25, -0.2) is 13.6 Å². The first-order valence-electron chi connectivity index (χ1n) is 15.4. The lowest BCUT2D eigenvalue weighted by molar-refractivity contribution is -0.172. The summed E-state index contributed by atoms with van der Waals surface area (Å²) >= 11 is 0. The summed E-state index contributed by atoms with van der Waals surface area (Å²) in [4.78, 5) is 14.7. The smallest absolute Gasteiger partial charge is 0.410 e. The average Bonchev–Trinajstić information content (AvgIpc) is 2.99. The van der Waals surface area contributed by atoms with Crippen molar-refractivity contribution in [3.05, 3.63) is 77.4 Å². The lowest BCUT2D eigenvalue weighted by atomic mass is 9.47. The minimum absolute atomic E-state index is 0.0183. The van der Waals surface area contributed by atoms with Crippen LogP contribution in [0.2, 0.25) is 0 Å². The van der Waals surface area contributed by atoms with Crippen LogP contribution in [0.3, 0.4) is 0 Å². The number of likely N-dealkylation sites (tertiary alicyclic amines) is 1. The summed E-state index contributed by atoms with van der Waals surface area (Å²) in [5.41, 5.74) is 2.74. The number of alkyl halides is 2. The van der Waals surface area contributed by atoms with Gasteiger partial charge < -0.3 is 14.2 Å². The SMILES string of the molecule is COc1ccc(CO[C@H]2CC[C@@]3(C)C(=CC[C@@H]4[C@@H]3CC[C@@]3(C)[C@H]4CC(F)(F)CN3C(=O)OCc3ccccc3)C2)cc1. The van der Waals surface area contributed by atoms with Crippen molar-refractivity contribution in [2.24, 2.45) is 23.2 Å². The fourth-order valence-electron chi connectivity index (χ4n) is 8.58. The second kappa shape index (κ2) is 11.3. The number of carbonyl (C=O) groups excluding carboxylic acids is 1. The monoisotopic (exact) mass is 579 g/mol. The summed E-state index contributed by atoms with van der Waals surface area (Å²) in [5, 5.41) is 0. The summed E-state index contributed by atoms with van der Waals surface area (Å²) in [6.07, 6.45) is 6.98. The molecule has 1 aliphatic heterocycles. The van der Waals surface area contributed by atoms with Crippen molar-refractivity contribution in [1.82, 2.24) is 4.90 Å². The highest BCUT2D eigenvalue weighted by Gasteiger charge is 2.62. The fourth-order valence-corrected chi connectivity index (χ4v) is 8.58. The summed E-state index contributed by atoms with van der Waals surface area (Å²) in [6.45, 7) is 4.46. The standard InChI is InChI=1S/C35H43F2NO4/c1-33-17-15-28(41-21-25-9-12-27(40-3)13-10-25)19-26(33)11-14-29-30(33)16-18-34(2)31(29)20-35(36,37)23-38(34)32(39)42-22-24-7-5-4-6-8-24/h4-13,28-31H,14-23H2,1-3H3/t28-,29+,30-,31-,33-,34-/m0/s1. The Labute approximate surface area is 248 Å². The Hall–Kier alpha value is -2.93. The Morgan fingerprint density at radius 3 is 2.43 bits per heavy atom. The molecular weight excluding hydrogens is 536 g/mol. The van der Waals surface area contributed by atoms with Gasteiger partial charge in [-0.15, -0.1) is 0 Å². The normalized spacial score (nSPS) is 33.5. The van der Waals surface area contributed by atoms with Gasteiger partial charge in [-0.1, -0.05) is 61.0 Å². The quantitative estimate of drug-likeness (QED) is 0.324. The number of nitrogens with zero attached hydrogens (tertiary/aromatic N) is 1. The number of rotatable bonds is 6. The van der Waals surface area contributed by atoms with Gasteiger partial charge in [-0.3, -0.25) is 4.90 Å². The van der Waals surface area contributed by atoms with Gasteiger partial charge in [0.2, 0.25) is 0 Å². The van der Waals surface area contributed by atoms with Gasteiger partial charge in [0, 0.05) is 12.0 Å². The second-order valence-electron chi connectivity index (χ2n) is 13.4. The van der Waals surface area contributed by atoms with Crippen molar-refractivity contribution >= 4 is 6.09 Å². The lowest BCUT2D eigenvalue weighted by Crippen LogP contribution is -2.67. The molecule has 0 bridgehead atoms. The van der Waals surface area contributed by atoms with Crippen LogP contribution in [0.1, 0.15) is 69.9 Å². The molecule has 7 heteroatoms. The molecule has 2 aromatic rings. The molecule has 0 radical (unpaired) electrons. The molecule has 3 aliphatic carbocycles. The van der Waals surface area contributed by atoms with E-state index in [2.05, 4.69) is 13.0 Å². The molecule has 2 saturated carbocycles. The van der Waals surface area contributed by atoms with Crippen LogP contribution in [-0.2, 0) is 22.7 Å². The molecule has 1 heterocycles. The van der Waals surface area contributed by atoms with E-state index in [9.17, 15) is 4.79 Å². The van der Waals surface area contributed by atoms with E-state index in [0.717, 1.165) is 55.4 Å². The number of piperidine rings is 1. The van der Waals surface area contributed by atoms with E-state index in [1.54, 1.807) is 7.11 Å². The predicted molar refractivity (Wildman–Crippen MR) is 157 cm³/mol. The third-order valence-corrected chi connectivity index (χ3v) is 11.0. The number of fused-ring (bicyclic) bond motifs is 5. The van der Waals surface area contributed by atoms with Gasteiger partial charge in [0.25, 0.3) is 5.92 Å². The first kappa shape index (κ1) is 29.2. The topological polar surface area (TPSA) is 48.0 Å². The van der Waals surface area contributed by atoms with Crippen LogP contribution < -0.4 is 4.74 Å². The Morgan fingerprint density at radius 2 is 1.69 bits per heavy atom. The number of hydrogen-bond acceptors (Lipinski definition) is 4. The van der Waals surface area contributed by atoms with Gasteiger partial charge >= 0.3 is 6.09 Å². The van der Waals surface area contributed by atoms with Crippen LogP contribution in [-0.4, -0.2) is 42.2 Å². The summed E-state index contributed by atoms with van der Waals surface area (Å²) in [5.74, 6) is -1.93. The third-order valence-electron chi connectivity index (χ3n) is 11.0. The fraction of sp³-hybridized carbons (Fsp3) is 0.571. The second-order valence-corrected chi connectivity index (χ2v) is 13.4. The number of carbonyl (C=O) groups is 1. The van der Waals surface area contributed by atoms with Crippen LogP contribution in [0, 0.1) is 23.2 Å². The van der Waals surface area contributed by atoms with Gasteiger partial charge in [-0.2, -0.15) is 0 Å². The van der Waals surface area contributed by atoms with E-state index in [0.29, 0.717) is 12.5 Å². The zero-order chi connectivity index (χ0) is 29.5. The molecule has 5 nitrogen and oxygen atoms in total. The summed E-state index contributed by atoms with van der Waals surface area (Å²) in [6, 6.07) is 17.4. The van der Waals surface area contributed by atoms with Crippen LogP contribution in [0.4, 0.5) is 13.6 Å². The molecule has 0 unspecified atom stereocenters. The maximum Gasteiger partial charge on any atom is 0.410 e.